The number of hydrogen-bond acceptors (Lipinski definition) is 4. The largest absolute Gasteiger partial charge is 0.479 e. The van der Waals surface area contributed by atoms with E-state index < -0.39 is 29.5 Å². The van der Waals surface area contributed by atoms with Crippen molar-refractivity contribution in [2.45, 2.75) is 43.7 Å². The fourth-order valence-corrected chi connectivity index (χ4v) is 2.90. The zero-order valence-corrected chi connectivity index (χ0v) is 13.8. The first-order valence-electron chi connectivity index (χ1n) is 8.25. The van der Waals surface area contributed by atoms with Gasteiger partial charge >= 0.3 is 12.0 Å². The number of carboxylic acid groups (broad SMARTS) is 1. The molecule has 0 saturated heterocycles. The van der Waals surface area contributed by atoms with E-state index in [0.717, 1.165) is 19.3 Å². The maximum atomic E-state index is 12.4. The number of amides is 3. The van der Waals surface area contributed by atoms with Gasteiger partial charge in [0.1, 0.15) is 11.6 Å². The van der Waals surface area contributed by atoms with Gasteiger partial charge in [0.25, 0.3) is 0 Å². The van der Waals surface area contributed by atoms with Crippen LogP contribution in [0.5, 0.6) is 0 Å². The Balaban J connectivity index is 2.19. The van der Waals surface area contributed by atoms with Crippen molar-refractivity contribution < 1.29 is 24.6 Å². The summed E-state index contributed by atoms with van der Waals surface area (Å²) in [5.41, 5.74) is -1.30. The lowest BCUT2D eigenvalue weighted by Gasteiger charge is -2.24. The second-order valence-corrected chi connectivity index (χ2v) is 6.44. The van der Waals surface area contributed by atoms with Crippen LogP contribution in [0.25, 0.3) is 0 Å². The average molecular weight is 339 g/mol. The Bertz CT molecular complexity index is 536. The second-order valence-electron chi connectivity index (χ2n) is 6.44. The highest BCUT2D eigenvalue weighted by molar-refractivity contribution is 5.94. The third kappa shape index (κ3) is 4.05. The van der Waals surface area contributed by atoms with Crippen molar-refractivity contribution in [3.8, 4) is 0 Å². The number of aliphatic hydroxyl groups excluding tert-OH is 1. The Morgan fingerprint density at radius 3 is 2.83 bits per heavy atom. The normalized spacial score (nSPS) is 32.8. The van der Waals surface area contributed by atoms with E-state index in [1.54, 1.807) is 7.05 Å². The molecule has 1 aliphatic heterocycles. The predicted octanol–water partition coefficient (Wildman–Crippen LogP) is 0.0784. The standard InChI is InChI=1S/C16H25N3O5/c1-19-8-5-3-2-4-6-11-10-16(11,14(22)23)18-13(21)12(7-9-20)17-15(19)24/h4,6,11-12,20H,2-3,5,7-10H2,1H3,(H,17,24)(H,18,21)(H,22,23)/b6-4-. The summed E-state index contributed by atoms with van der Waals surface area (Å²) < 4.78 is 0. The Labute approximate surface area is 140 Å². The molecule has 1 heterocycles. The smallest absolute Gasteiger partial charge is 0.330 e. The molecule has 134 valence electrons. The summed E-state index contributed by atoms with van der Waals surface area (Å²) in [5.74, 6) is -1.90. The van der Waals surface area contributed by atoms with Gasteiger partial charge in [0.15, 0.2) is 0 Å². The number of aliphatic hydroxyl groups is 1. The molecule has 0 aromatic heterocycles. The lowest BCUT2D eigenvalue weighted by atomic mass is 10.1. The number of carbonyl (C=O) groups excluding carboxylic acids is 2. The Morgan fingerprint density at radius 2 is 2.17 bits per heavy atom. The minimum absolute atomic E-state index is 0.0294. The zero-order valence-electron chi connectivity index (χ0n) is 13.8. The maximum absolute atomic E-state index is 12.4. The fourth-order valence-electron chi connectivity index (χ4n) is 2.90. The van der Waals surface area contributed by atoms with Crippen molar-refractivity contribution >= 4 is 17.9 Å². The van der Waals surface area contributed by atoms with Gasteiger partial charge in [0.05, 0.1) is 0 Å². The maximum Gasteiger partial charge on any atom is 0.330 e. The third-order valence-electron chi connectivity index (χ3n) is 4.60. The van der Waals surface area contributed by atoms with E-state index in [9.17, 15) is 19.5 Å². The Hall–Kier alpha value is -2.09. The van der Waals surface area contributed by atoms with Crippen molar-refractivity contribution in [1.82, 2.24) is 15.5 Å². The molecule has 2 rings (SSSR count). The number of allylic oxidation sites excluding steroid dienone is 1. The highest BCUT2D eigenvalue weighted by Crippen LogP contribution is 2.45. The van der Waals surface area contributed by atoms with Crippen molar-refractivity contribution in [1.29, 1.82) is 0 Å². The molecule has 4 N–H and O–H groups in total. The van der Waals surface area contributed by atoms with E-state index in [2.05, 4.69) is 10.6 Å². The molecule has 1 saturated carbocycles. The molecule has 3 amide bonds. The monoisotopic (exact) mass is 339 g/mol. The molecule has 1 fully saturated rings. The van der Waals surface area contributed by atoms with Crippen LogP contribution in [0.1, 0.15) is 32.1 Å². The van der Waals surface area contributed by atoms with Crippen LogP contribution in [-0.2, 0) is 9.59 Å². The summed E-state index contributed by atoms with van der Waals surface area (Å²) in [6.45, 7) is 0.279. The van der Waals surface area contributed by atoms with Gasteiger partial charge in [-0.1, -0.05) is 12.2 Å². The lowest BCUT2D eigenvalue weighted by Crippen LogP contribution is -2.55. The van der Waals surface area contributed by atoms with E-state index in [0.29, 0.717) is 13.0 Å². The van der Waals surface area contributed by atoms with Gasteiger partial charge in [-0.25, -0.2) is 9.59 Å². The first kappa shape index (κ1) is 18.3. The average Bonchev–Trinajstić information content (AvgIpc) is 3.23. The molecule has 0 bridgehead atoms. The van der Waals surface area contributed by atoms with Gasteiger partial charge in [-0.15, -0.1) is 0 Å². The molecule has 3 atom stereocenters. The molecule has 3 unspecified atom stereocenters. The number of rotatable bonds is 3. The van der Waals surface area contributed by atoms with Crippen molar-refractivity contribution in [2.75, 3.05) is 20.2 Å². The number of nitrogens with zero attached hydrogens (tertiary/aromatic N) is 1. The van der Waals surface area contributed by atoms with Crippen LogP contribution in [0.2, 0.25) is 0 Å². The first-order valence-corrected chi connectivity index (χ1v) is 8.25. The number of fused-ring (bicyclic) bond motifs is 1. The molecule has 2 aliphatic rings. The molecular formula is C16H25N3O5. The van der Waals surface area contributed by atoms with Crippen LogP contribution in [0.15, 0.2) is 12.2 Å². The highest BCUT2D eigenvalue weighted by Gasteiger charge is 2.60. The van der Waals surface area contributed by atoms with Gasteiger partial charge in [0, 0.05) is 26.1 Å². The lowest BCUT2D eigenvalue weighted by molar-refractivity contribution is -0.143. The van der Waals surface area contributed by atoms with Gasteiger partial charge in [0.2, 0.25) is 5.91 Å². The fraction of sp³-hybridized carbons (Fsp3) is 0.688. The number of carboxylic acids is 1. The summed E-state index contributed by atoms with van der Waals surface area (Å²) in [6.07, 6.45) is 6.68. The number of aliphatic carboxylic acids is 1. The van der Waals surface area contributed by atoms with Crippen LogP contribution in [-0.4, -0.2) is 64.8 Å². The van der Waals surface area contributed by atoms with Crippen molar-refractivity contribution in [3.05, 3.63) is 12.2 Å². The second kappa shape index (κ2) is 7.65. The van der Waals surface area contributed by atoms with Crippen molar-refractivity contribution in [3.63, 3.8) is 0 Å². The molecule has 0 radical (unpaired) electrons. The number of urea groups is 1. The SMILES string of the molecule is CN1CCCC/C=C\C2CC2(C(=O)O)NC(=O)C(CCO)NC1=O. The number of hydrogen-bond donors (Lipinski definition) is 4. The molecular weight excluding hydrogens is 314 g/mol. The molecule has 0 aromatic rings. The van der Waals surface area contributed by atoms with Crippen LogP contribution in [0.4, 0.5) is 4.79 Å². The number of carbonyl (C=O) groups is 3. The summed E-state index contributed by atoms with van der Waals surface area (Å²) in [5, 5.41) is 23.7. The number of nitrogens with one attached hydrogen (secondary N) is 2. The van der Waals surface area contributed by atoms with E-state index in [1.807, 2.05) is 12.2 Å². The van der Waals surface area contributed by atoms with Gasteiger partial charge in [-0.3, -0.25) is 4.79 Å². The Morgan fingerprint density at radius 1 is 1.42 bits per heavy atom. The quantitative estimate of drug-likeness (QED) is 0.543. The first-order chi connectivity index (χ1) is 11.4. The molecule has 8 nitrogen and oxygen atoms in total. The molecule has 24 heavy (non-hydrogen) atoms. The van der Waals surface area contributed by atoms with Crippen LogP contribution < -0.4 is 10.6 Å². The summed E-state index contributed by atoms with van der Waals surface area (Å²) >= 11 is 0. The van der Waals surface area contributed by atoms with Crippen LogP contribution >= 0.6 is 0 Å². The molecule has 0 spiro atoms. The Kier molecular flexibility index (Phi) is 5.82. The highest BCUT2D eigenvalue weighted by atomic mass is 16.4. The van der Waals surface area contributed by atoms with Crippen LogP contribution in [0, 0.1) is 5.92 Å². The van der Waals surface area contributed by atoms with Gasteiger partial charge in [-0.2, -0.15) is 0 Å². The van der Waals surface area contributed by atoms with Gasteiger partial charge < -0.3 is 25.7 Å². The minimum Gasteiger partial charge on any atom is -0.479 e. The van der Waals surface area contributed by atoms with E-state index in [-0.39, 0.29) is 18.9 Å². The zero-order chi connectivity index (χ0) is 17.7. The third-order valence-corrected chi connectivity index (χ3v) is 4.60. The van der Waals surface area contributed by atoms with E-state index in [4.69, 9.17) is 5.11 Å². The van der Waals surface area contributed by atoms with Gasteiger partial charge in [-0.05, 0) is 32.1 Å². The summed E-state index contributed by atoms with van der Waals surface area (Å²) in [4.78, 5) is 37.7. The minimum atomic E-state index is -1.30. The van der Waals surface area contributed by atoms with E-state index >= 15 is 0 Å². The molecule has 8 heteroatoms. The van der Waals surface area contributed by atoms with Crippen molar-refractivity contribution in [2.24, 2.45) is 5.92 Å². The van der Waals surface area contributed by atoms with E-state index in [1.165, 1.54) is 4.90 Å². The topological polar surface area (TPSA) is 119 Å². The predicted molar refractivity (Wildman–Crippen MR) is 86.3 cm³/mol. The summed E-state index contributed by atoms with van der Waals surface area (Å²) in [7, 11) is 1.64. The molecule has 1 aliphatic carbocycles. The van der Waals surface area contributed by atoms with Crippen LogP contribution in [0.3, 0.4) is 0 Å². The molecule has 0 aromatic carbocycles. The summed E-state index contributed by atoms with van der Waals surface area (Å²) in [6, 6.07) is -1.37.